The molecule has 3 nitrogen and oxygen atoms in total. The summed E-state index contributed by atoms with van der Waals surface area (Å²) >= 11 is 0. The van der Waals surface area contributed by atoms with E-state index in [2.05, 4.69) is 70.3 Å². The first kappa shape index (κ1) is 27.4. The van der Waals surface area contributed by atoms with Gasteiger partial charge in [0.05, 0.1) is 11.6 Å². The molecule has 0 saturated carbocycles. The number of esters is 1. The van der Waals surface area contributed by atoms with Gasteiger partial charge in [-0.15, -0.1) is 0 Å². The largest absolute Gasteiger partial charge is 0.474 e. The van der Waals surface area contributed by atoms with Gasteiger partial charge < -0.3 is 9.15 Å². The van der Waals surface area contributed by atoms with Crippen LogP contribution < -0.4 is 5.38 Å². The van der Waals surface area contributed by atoms with Crippen LogP contribution in [0.2, 0.25) is 18.1 Å². The Balaban J connectivity index is 1.68. The van der Waals surface area contributed by atoms with Crippen molar-refractivity contribution in [3.8, 4) is 0 Å². The number of carbonyl (C=O) groups is 1. The van der Waals surface area contributed by atoms with Crippen molar-refractivity contribution in [2.75, 3.05) is 0 Å². The molecule has 184 valence electrons. The van der Waals surface area contributed by atoms with Crippen molar-refractivity contribution in [1.82, 2.24) is 0 Å². The molecule has 0 aliphatic carbocycles. The molecule has 1 aromatic heterocycles. The second-order valence-electron chi connectivity index (χ2n) is 11.1. The molecule has 0 fully saturated rings. The van der Waals surface area contributed by atoms with E-state index in [0.717, 1.165) is 23.8 Å². The summed E-state index contributed by atoms with van der Waals surface area (Å²) in [6, 6.07) is 12.9. The molecule has 0 aliphatic rings. The fraction of sp³-hybridized carbons (Fsp3) is 0.621. The standard InChI is InChI=1S/C29H46O3Si/c1-24(30)32-27(26-22-28(31-23-26)33(5,6)29(2,3)4)21-17-12-10-8-7-9-11-14-18-25-19-15-13-16-20-25/h13,15-16,19-20,22-23,27H,7-12,14,17-18,21H2,1-6H3. The van der Waals surface area contributed by atoms with Crippen LogP contribution in [0.5, 0.6) is 0 Å². The molecule has 0 bridgehead atoms. The van der Waals surface area contributed by atoms with Gasteiger partial charge in [0.15, 0.2) is 0 Å². The van der Waals surface area contributed by atoms with Crippen molar-refractivity contribution in [1.29, 1.82) is 0 Å². The topological polar surface area (TPSA) is 39.4 Å². The molecule has 0 N–H and O–H groups in total. The van der Waals surface area contributed by atoms with Gasteiger partial charge in [-0.1, -0.05) is 103 Å². The Bertz CT molecular complexity index is 817. The number of hydrogen-bond acceptors (Lipinski definition) is 3. The van der Waals surface area contributed by atoms with E-state index in [4.69, 9.17) is 9.15 Å². The Morgan fingerprint density at radius 1 is 0.939 bits per heavy atom. The molecule has 0 aliphatic heterocycles. The number of benzene rings is 1. The quantitative estimate of drug-likeness (QED) is 0.158. The first-order valence-corrected chi connectivity index (χ1v) is 15.9. The minimum Gasteiger partial charge on any atom is -0.474 e. The predicted molar refractivity (Wildman–Crippen MR) is 142 cm³/mol. The Kier molecular flexibility index (Phi) is 10.9. The van der Waals surface area contributed by atoms with Crippen LogP contribution in [-0.2, 0) is 16.0 Å². The van der Waals surface area contributed by atoms with E-state index >= 15 is 0 Å². The number of hydrogen-bond donors (Lipinski definition) is 0. The molecular weight excluding hydrogens is 424 g/mol. The zero-order valence-electron chi connectivity index (χ0n) is 21.9. The molecule has 0 saturated heterocycles. The van der Waals surface area contributed by atoms with Gasteiger partial charge in [0, 0.05) is 12.5 Å². The lowest BCUT2D eigenvalue weighted by Crippen LogP contribution is -2.48. The van der Waals surface area contributed by atoms with Gasteiger partial charge in [-0.05, 0) is 42.4 Å². The zero-order valence-corrected chi connectivity index (χ0v) is 22.9. The summed E-state index contributed by atoms with van der Waals surface area (Å²) in [5, 5.41) is 1.30. The number of unbranched alkanes of at least 4 members (excludes halogenated alkanes) is 7. The summed E-state index contributed by atoms with van der Waals surface area (Å²) < 4.78 is 11.7. The van der Waals surface area contributed by atoms with Gasteiger partial charge in [0.25, 0.3) is 0 Å². The van der Waals surface area contributed by atoms with Crippen molar-refractivity contribution in [3.05, 3.63) is 53.8 Å². The molecule has 0 radical (unpaired) electrons. The van der Waals surface area contributed by atoms with E-state index in [1.165, 1.54) is 63.9 Å². The maximum atomic E-state index is 11.7. The van der Waals surface area contributed by atoms with Gasteiger partial charge in [-0.3, -0.25) is 4.79 Å². The van der Waals surface area contributed by atoms with Crippen LogP contribution in [0.25, 0.3) is 0 Å². The molecule has 33 heavy (non-hydrogen) atoms. The predicted octanol–water partition coefficient (Wildman–Crippen LogP) is 8.35. The highest BCUT2D eigenvalue weighted by atomic mass is 28.3. The Morgan fingerprint density at radius 2 is 1.52 bits per heavy atom. The van der Waals surface area contributed by atoms with E-state index in [-0.39, 0.29) is 17.1 Å². The van der Waals surface area contributed by atoms with Crippen molar-refractivity contribution >= 4 is 19.4 Å². The number of aryl methyl sites for hydroxylation is 1. The fourth-order valence-corrected chi connectivity index (χ4v) is 5.70. The third-order valence-corrected chi connectivity index (χ3v) is 12.6. The van der Waals surface area contributed by atoms with Crippen molar-refractivity contribution in [2.24, 2.45) is 0 Å². The fourth-order valence-electron chi connectivity index (χ4n) is 4.08. The van der Waals surface area contributed by atoms with E-state index < -0.39 is 8.07 Å². The van der Waals surface area contributed by atoms with Crippen LogP contribution in [0.15, 0.2) is 47.1 Å². The first-order valence-electron chi connectivity index (χ1n) is 12.9. The van der Waals surface area contributed by atoms with Gasteiger partial charge >= 0.3 is 5.97 Å². The van der Waals surface area contributed by atoms with Crippen LogP contribution in [0.1, 0.15) is 103 Å². The number of ether oxygens (including phenoxy) is 1. The third kappa shape index (κ3) is 9.15. The molecule has 4 heteroatoms. The van der Waals surface area contributed by atoms with Crippen LogP contribution in [0.4, 0.5) is 0 Å². The summed E-state index contributed by atoms with van der Waals surface area (Å²) in [6.45, 7) is 13.0. The highest BCUT2D eigenvalue weighted by molar-refractivity contribution is 6.91. The lowest BCUT2D eigenvalue weighted by molar-refractivity contribution is -0.147. The molecule has 0 spiro atoms. The third-order valence-electron chi connectivity index (χ3n) is 7.32. The van der Waals surface area contributed by atoms with Crippen LogP contribution in [-0.4, -0.2) is 14.0 Å². The summed E-state index contributed by atoms with van der Waals surface area (Å²) in [5.74, 6) is -0.217. The SMILES string of the molecule is CC(=O)OC(CCCCCCCCCCc1ccccc1)c1coc([Si](C)(C)C(C)(C)C)c1. The van der Waals surface area contributed by atoms with E-state index in [1.54, 1.807) is 0 Å². The normalized spacial score (nSPS) is 13.2. The Hall–Kier alpha value is -1.81. The maximum Gasteiger partial charge on any atom is 0.303 e. The highest BCUT2D eigenvalue weighted by Gasteiger charge is 2.40. The van der Waals surface area contributed by atoms with E-state index in [9.17, 15) is 4.79 Å². The van der Waals surface area contributed by atoms with Crippen molar-refractivity contribution in [3.63, 3.8) is 0 Å². The van der Waals surface area contributed by atoms with E-state index in [0.29, 0.717) is 0 Å². The average Bonchev–Trinajstić information content (AvgIpc) is 3.25. The summed E-state index contributed by atoms with van der Waals surface area (Å²) in [7, 11) is -1.74. The summed E-state index contributed by atoms with van der Waals surface area (Å²) in [4.78, 5) is 11.7. The lowest BCUT2D eigenvalue weighted by Gasteiger charge is -2.34. The molecule has 1 aromatic carbocycles. The number of furan rings is 1. The Morgan fingerprint density at radius 3 is 2.09 bits per heavy atom. The smallest absolute Gasteiger partial charge is 0.303 e. The maximum absolute atomic E-state index is 11.7. The first-order chi connectivity index (χ1) is 15.6. The minimum absolute atomic E-state index is 0.192. The van der Waals surface area contributed by atoms with Gasteiger partial charge in [-0.2, -0.15) is 0 Å². The zero-order chi connectivity index (χ0) is 24.3. The summed E-state index contributed by atoms with van der Waals surface area (Å²) in [5.41, 5.74) is 2.47. The molecule has 1 atom stereocenters. The second kappa shape index (κ2) is 13.2. The molecule has 1 unspecified atom stereocenters. The Labute approximate surface area is 203 Å². The molecule has 2 rings (SSSR count). The summed E-state index contributed by atoms with van der Waals surface area (Å²) in [6.07, 6.45) is 13.8. The molecule has 1 heterocycles. The molecular formula is C29H46O3Si. The van der Waals surface area contributed by atoms with Crippen LogP contribution >= 0.6 is 0 Å². The molecule has 0 amide bonds. The average molecular weight is 471 g/mol. The molecule has 2 aromatic rings. The minimum atomic E-state index is -1.74. The second-order valence-corrected chi connectivity index (χ2v) is 16.3. The van der Waals surface area contributed by atoms with Gasteiger partial charge in [0.2, 0.25) is 0 Å². The monoisotopic (exact) mass is 470 g/mol. The highest BCUT2D eigenvalue weighted by Crippen LogP contribution is 2.36. The van der Waals surface area contributed by atoms with Crippen molar-refractivity contribution < 1.29 is 13.9 Å². The number of rotatable bonds is 14. The van der Waals surface area contributed by atoms with Gasteiger partial charge in [-0.25, -0.2) is 0 Å². The van der Waals surface area contributed by atoms with Gasteiger partial charge in [0.1, 0.15) is 14.2 Å². The van der Waals surface area contributed by atoms with E-state index in [1.807, 2.05) is 6.26 Å². The van der Waals surface area contributed by atoms with Crippen LogP contribution in [0.3, 0.4) is 0 Å². The van der Waals surface area contributed by atoms with Crippen LogP contribution in [0, 0.1) is 0 Å². The van der Waals surface area contributed by atoms with Crippen molar-refractivity contribution in [2.45, 2.75) is 116 Å². The number of carbonyl (C=O) groups excluding carboxylic acids is 1. The lowest BCUT2D eigenvalue weighted by atomic mass is 10.0.